The highest BCUT2D eigenvalue weighted by Gasteiger charge is 2.26. The summed E-state index contributed by atoms with van der Waals surface area (Å²) in [5.41, 5.74) is 0.00275. The number of carbonyl (C=O) groups is 2. The fourth-order valence-electron chi connectivity index (χ4n) is 2.56. The van der Waals surface area contributed by atoms with Gasteiger partial charge in [-0.3, -0.25) is 9.59 Å². The van der Waals surface area contributed by atoms with Crippen LogP contribution in [0.25, 0.3) is 0 Å². The maximum absolute atomic E-state index is 13.5. The van der Waals surface area contributed by atoms with E-state index in [0.29, 0.717) is 26.2 Å². The van der Waals surface area contributed by atoms with Crippen LogP contribution in [0, 0.1) is 5.82 Å². The summed E-state index contributed by atoms with van der Waals surface area (Å²) in [4.78, 5) is 32.0. The van der Waals surface area contributed by atoms with E-state index in [4.69, 9.17) is 0 Å². The molecule has 0 saturated carbocycles. The molecule has 2 amide bonds. The van der Waals surface area contributed by atoms with Gasteiger partial charge in [-0.05, 0) is 24.3 Å². The second kappa shape index (κ2) is 7.08. The molecule has 0 spiro atoms. The highest BCUT2D eigenvalue weighted by molar-refractivity contribution is 6.39. The minimum absolute atomic E-state index is 0.00275. The Morgan fingerprint density at radius 1 is 1.00 bits per heavy atom. The molecule has 6 nitrogen and oxygen atoms in total. The molecule has 124 valence electrons. The molecular weight excluding hydrogens is 311 g/mol. The smallest absolute Gasteiger partial charge is 0.313 e. The number of hydrogen-bond acceptors (Lipinski definition) is 4. The molecule has 24 heavy (non-hydrogen) atoms. The first kappa shape index (κ1) is 15.9. The number of hydrogen-bond donors (Lipinski definition) is 1. The van der Waals surface area contributed by atoms with Gasteiger partial charge in [0.2, 0.25) is 0 Å². The predicted molar refractivity (Wildman–Crippen MR) is 88.1 cm³/mol. The van der Waals surface area contributed by atoms with E-state index in [1.165, 1.54) is 23.1 Å². The van der Waals surface area contributed by atoms with Gasteiger partial charge < -0.3 is 15.1 Å². The van der Waals surface area contributed by atoms with Crippen molar-refractivity contribution in [2.45, 2.75) is 0 Å². The van der Waals surface area contributed by atoms with E-state index >= 15 is 0 Å². The highest BCUT2D eigenvalue weighted by Crippen LogP contribution is 2.14. The maximum Gasteiger partial charge on any atom is 0.313 e. The lowest BCUT2D eigenvalue weighted by Crippen LogP contribution is -2.51. The maximum atomic E-state index is 13.5. The van der Waals surface area contributed by atoms with Crippen LogP contribution in [0.15, 0.2) is 48.7 Å². The van der Waals surface area contributed by atoms with Gasteiger partial charge in [-0.15, -0.1) is 0 Å². The summed E-state index contributed by atoms with van der Waals surface area (Å²) >= 11 is 0. The number of para-hydroxylation sites is 1. The van der Waals surface area contributed by atoms with E-state index in [2.05, 4.69) is 15.2 Å². The first-order chi connectivity index (χ1) is 11.6. The third-order valence-electron chi connectivity index (χ3n) is 3.86. The minimum Gasteiger partial charge on any atom is -0.353 e. The zero-order chi connectivity index (χ0) is 16.9. The monoisotopic (exact) mass is 328 g/mol. The average molecular weight is 328 g/mol. The summed E-state index contributed by atoms with van der Waals surface area (Å²) in [6.07, 6.45) is 1.72. The molecule has 2 heterocycles. The number of benzene rings is 1. The molecular formula is C17H17FN4O2. The van der Waals surface area contributed by atoms with Crippen LogP contribution >= 0.6 is 0 Å². The van der Waals surface area contributed by atoms with Gasteiger partial charge >= 0.3 is 11.8 Å². The van der Waals surface area contributed by atoms with Gasteiger partial charge in [0, 0.05) is 32.4 Å². The fraction of sp³-hybridized carbons (Fsp3) is 0.235. The number of nitrogens with one attached hydrogen (secondary N) is 1. The van der Waals surface area contributed by atoms with Gasteiger partial charge in [0.25, 0.3) is 0 Å². The molecule has 2 aromatic rings. The number of rotatable bonds is 2. The van der Waals surface area contributed by atoms with Gasteiger partial charge in [-0.1, -0.05) is 18.2 Å². The van der Waals surface area contributed by atoms with Crippen LogP contribution in [0.2, 0.25) is 0 Å². The van der Waals surface area contributed by atoms with Crippen molar-refractivity contribution in [2.24, 2.45) is 0 Å². The average Bonchev–Trinajstić information content (AvgIpc) is 2.64. The normalized spacial score (nSPS) is 14.4. The van der Waals surface area contributed by atoms with Crippen molar-refractivity contribution in [3.8, 4) is 0 Å². The predicted octanol–water partition coefficient (Wildman–Crippen LogP) is 1.51. The van der Waals surface area contributed by atoms with E-state index in [1.54, 1.807) is 12.3 Å². The van der Waals surface area contributed by atoms with Crippen LogP contribution in [0.3, 0.4) is 0 Å². The van der Waals surface area contributed by atoms with Crippen molar-refractivity contribution in [1.82, 2.24) is 9.88 Å². The first-order valence-electron chi connectivity index (χ1n) is 7.66. The quantitative estimate of drug-likeness (QED) is 0.849. The van der Waals surface area contributed by atoms with Crippen molar-refractivity contribution < 1.29 is 14.0 Å². The SMILES string of the molecule is O=C(Nc1ccccc1F)C(=O)N1CCN(c2ccccn2)CC1. The first-order valence-corrected chi connectivity index (χ1v) is 7.66. The van der Waals surface area contributed by atoms with Crippen LogP contribution in [0.5, 0.6) is 0 Å². The third kappa shape index (κ3) is 3.51. The molecule has 3 rings (SSSR count). The molecule has 1 aromatic heterocycles. The standard InChI is InChI=1S/C17H17FN4O2/c18-13-5-1-2-6-14(13)20-16(23)17(24)22-11-9-21(10-12-22)15-7-3-4-8-19-15/h1-8H,9-12H2,(H,20,23). The number of amides is 2. The molecule has 0 atom stereocenters. The lowest BCUT2D eigenvalue weighted by atomic mass is 10.2. The minimum atomic E-state index is -0.827. The molecule has 1 aromatic carbocycles. The van der Waals surface area contributed by atoms with Gasteiger partial charge in [-0.25, -0.2) is 9.37 Å². The lowest BCUT2D eigenvalue weighted by molar-refractivity contribution is -0.143. The fourth-order valence-corrected chi connectivity index (χ4v) is 2.56. The number of nitrogens with zero attached hydrogens (tertiary/aromatic N) is 3. The van der Waals surface area contributed by atoms with Crippen LogP contribution in [0.4, 0.5) is 15.9 Å². The zero-order valence-corrected chi connectivity index (χ0v) is 13.0. The zero-order valence-electron chi connectivity index (χ0n) is 13.0. The highest BCUT2D eigenvalue weighted by atomic mass is 19.1. The topological polar surface area (TPSA) is 65.5 Å². The Labute approximate surface area is 138 Å². The summed E-state index contributed by atoms with van der Waals surface area (Å²) in [7, 11) is 0. The number of anilines is 2. The molecule has 0 bridgehead atoms. The Bertz CT molecular complexity index is 730. The largest absolute Gasteiger partial charge is 0.353 e. The van der Waals surface area contributed by atoms with Crippen LogP contribution in [-0.4, -0.2) is 47.9 Å². The van der Waals surface area contributed by atoms with E-state index in [0.717, 1.165) is 5.82 Å². The molecule has 7 heteroatoms. The molecule has 1 fully saturated rings. The van der Waals surface area contributed by atoms with Crippen molar-refractivity contribution in [3.05, 3.63) is 54.5 Å². The van der Waals surface area contributed by atoms with Crippen molar-refractivity contribution in [3.63, 3.8) is 0 Å². The lowest BCUT2D eigenvalue weighted by Gasteiger charge is -2.34. The Hall–Kier alpha value is -2.96. The van der Waals surface area contributed by atoms with Crippen molar-refractivity contribution >= 4 is 23.3 Å². The van der Waals surface area contributed by atoms with Gasteiger partial charge in [0.1, 0.15) is 11.6 Å². The van der Waals surface area contributed by atoms with Crippen LogP contribution in [-0.2, 0) is 9.59 Å². The van der Waals surface area contributed by atoms with Crippen molar-refractivity contribution in [1.29, 1.82) is 0 Å². The summed E-state index contributed by atoms with van der Waals surface area (Å²) in [5, 5.41) is 2.32. The second-order valence-corrected chi connectivity index (χ2v) is 5.40. The van der Waals surface area contributed by atoms with Gasteiger partial charge in [-0.2, -0.15) is 0 Å². The van der Waals surface area contributed by atoms with Gasteiger partial charge in [0.15, 0.2) is 0 Å². The Balaban J connectivity index is 1.57. The molecule has 1 N–H and O–H groups in total. The Morgan fingerprint density at radius 2 is 1.71 bits per heavy atom. The molecule has 0 aliphatic carbocycles. The van der Waals surface area contributed by atoms with Crippen LogP contribution in [0.1, 0.15) is 0 Å². The summed E-state index contributed by atoms with van der Waals surface area (Å²) in [6.45, 7) is 2.02. The second-order valence-electron chi connectivity index (χ2n) is 5.40. The summed E-state index contributed by atoms with van der Waals surface area (Å²) < 4.78 is 13.5. The Kier molecular flexibility index (Phi) is 4.69. The van der Waals surface area contributed by atoms with E-state index in [1.807, 2.05) is 18.2 Å². The molecule has 0 radical (unpaired) electrons. The molecule has 1 aliphatic rings. The third-order valence-corrected chi connectivity index (χ3v) is 3.86. The van der Waals surface area contributed by atoms with Gasteiger partial charge in [0.05, 0.1) is 5.69 Å². The van der Waals surface area contributed by atoms with E-state index in [-0.39, 0.29) is 5.69 Å². The number of pyridine rings is 1. The van der Waals surface area contributed by atoms with Crippen molar-refractivity contribution in [2.75, 3.05) is 36.4 Å². The number of carbonyl (C=O) groups excluding carboxylic acids is 2. The summed E-state index contributed by atoms with van der Waals surface area (Å²) in [5.74, 6) is -1.20. The number of halogens is 1. The molecule has 1 saturated heterocycles. The molecule has 0 unspecified atom stereocenters. The number of aromatic nitrogens is 1. The van der Waals surface area contributed by atoms with Crippen LogP contribution < -0.4 is 10.2 Å². The van der Waals surface area contributed by atoms with E-state index in [9.17, 15) is 14.0 Å². The number of piperazine rings is 1. The summed E-state index contributed by atoms with van der Waals surface area (Å²) in [6, 6.07) is 11.4. The molecule has 1 aliphatic heterocycles. The van der Waals surface area contributed by atoms with E-state index < -0.39 is 17.6 Å². The Morgan fingerprint density at radius 3 is 2.38 bits per heavy atom.